The van der Waals surface area contributed by atoms with Crippen molar-refractivity contribution < 1.29 is 9.47 Å². The largest absolute Gasteiger partial charge is 0.492 e. The van der Waals surface area contributed by atoms with Gasteiger partial charge >= 0.3 is 0 Å². The number of methoxy groups -OCH3 is 1. The highest BCUT2D eigenvalue weighted by Crippen LogP contribution is 2.37. The van der Waals surface area contributed by atoms with Crippen LogP contribution in [-0.2, 0) is 6.42 Å². The molecule has 2 aromatic heterocycles. The predicted molar refractivity (Wildman–Crippen MR) is 112 cm³/mol. The summed E-state index contributed by atoms with van der Waals surface area (Å²) in [5, 5.41) is 0.738. The summed E-state index contributed by atoms with van der Waals surface area (Å²) in [6.07, 6.45) is 4.88. The number of para-hydroxylation sites is 1. The smallest absolute Gasteiger partial charge is 0.261 e. The van der Waals surface area contributed by atoms with E-state index in [1.54, 1.807) is 19.4 Å². The Morgan fingerprint density at radius 2 is 2.11 bits per heavy atom. The van der Waals surface area contributed by atoms with Gasteiger partial charge < -0.3 is 9.47 Å². The Bertz CT molecular complexity index is 1170. The average Bonchev–Trinajstić information content (AvgIpc) is 3.06. The van der Waals surface area contributed by atoms with E-state index >= 15 is 0 Å². The molecule has 28 heavy (non-hydrogen) atoms. The van der Waals surface area contributed by atoms with E-state index in [0.29, 0.717) is 57.9 Å². The van der Waals surface area contributed by atoms with Crippen LogP contribution in [0.15, 0.2) is 35.3 Å². The van der Waals surface area contributed by atoms with Gasteiger partial charge in [-0.05, 0) is 43.5 Å². The minimum atomic E-state index is -0.136. The summed E-state index contributed by atoms with van der Waals surface area (Å²) in [7, 11) is 1.62. The van der Waals surface area contributed by atoms with Crippen LogP contribution in [0.1, 0.15) is 30.2 Å². The Morgan fingerprint density at radius 3 is 2.86 bits per heavy atom. The Morgan fingerprint density at radius 1 is 1.29 bits per heavy atom. The number of halogens is 2. The SMILES string of the molecule is CCOc1cccc(C=C2CCc3c2nc2c(Cl)cc(Cl)cn2c3=O)c1OC. The zero-order valence-corrected chi connectivity index (χ0v) is 17.0. The highest BCUT2D eigenvalue weighted by molar-refractivity contribution is 6.36. The summed E-state index contributed by atoms with van der Waals surface area (Å²) in [6.45, 7) is 2.47. The molecule has 0 saturated carbocycles. The van der Waals surface area contributed by atoms with Crippen molar-refractivity contribution >= 4 is 40.5 Å². The van der Waals surface area contributed by atoms with Crippen molar-refractivity contribution in [3.05, 3.63) is 67.7 Å². The Labute approximate surface area is 172 Å². The monoisotopic (exact) mass is 416 g/mol. The van der Waals surface area contributed by atoms with Gasteiger partial charge in [-0.25, -0.2) is 4.98 Å². The maximum absolute atomic E-state index is 12.9. The molecule has 0 aliphatic heterocycles. The topological polar surface area (TPSA) is 52.8 Å². The molecule has 0 unspecified atom stereocenters. The molecule has 0 bridgehead atoms. The van der Waals surface area contributed by atoms with Gasteiger partial charge in [0.1, 0.15) is 0 Å². The third kappa shape index (κ3) is 3.15. The molecule has 0 amide bonds. The van der Waals surface area contributed by atoms with Gasteiger partial charge in [0, 0.05) is 17.3 Å². The van der Waals surface area contributed by atoms with Crippen molar-refractivity contribution in [1.29, 1.82) is 0 Å². The summed E-state index contributed by atoms with van der Waals surface area (Å²) in [5.41, 5.74) is 3.45. The predicted octanol–water partition coefficient (Wildman–Crippen LogP) is 4.90. The molecule has 0 radical (unpaired) electrons. The second-order valence-corrected chi connectivity index (χ2v) is 7.27. The Hall–Kier alpha value is -2.50. The van der Waals surface area contributed by atoms with Crippen molar-refractivity contribution in [2.75, 3.05) is 13.7 Å². The van der Waals surface area contributed by atoms with Crippen LogP contribution in [0, 0.1) is 0 Å². The molecule has 0 fully saturated rings. The molecule has 5 nitrogen and oxygen atoms in total. The number of benzene rings is 1. The first-order chi connectivity index (χ1) is 13.5. The minimum Gasteiger partial charge on any atom is -0.492 e. The van der Waals surface area contributed by atoms with Gasteiger partial charge in [0.2, 0.25) is 0 Å². The van der Waals surface area contributed by atoms with Gasteiger partial charge in [-0.15, -0.1) is 0 Å². The van der Waals surface area contributed by atoms with Crippen LogP contribution in [0.2, 0.25) is 10.0 Å². The molecule has 144 valence electrons. The molecule has 1 aliphatic rings. The van der Waals surface area contributed by atoms with Crippen LogP contribution in [-0.4, -0.2) is 23.1 Å². The van der Waals surface area contributed by atoms with Crippen molar-refractivity contribution in [2.24, 2.45) is 0 Å². The average molecular weight is 417 g/mol. The van der Waals surface area contributed by atoms with Gasteiger partial charge in [-0.2, -0.15) is 0 Å². The van der Waals surface area contributed by atoms with Gasteiger partial charge in [0.25, 0.3) is 5.56 Å². The first kappa shape index (κ1) is 18.8. The second-order valence-electron chi connectivity index (χ2n) is 6.43. The lowest BCUT2D eigenvalue weighted by Crippen LogP contribution is -2.20. The third-order valence-electron chi connectivity index (χ3n) is 4.73. The highest BCUT2D eigenvalue weighted by atomic mass is 35.5. The fraction of sp³-hybridized carbons (Fsp3) is 0.238. The van der Waals surface area contributed by atoms with Gasteiger partial charge in [0.05, 0.1) is 29.5 Å². The zero-order valence-electron chi connectivity index (χ0n) is 15.5. The zero-order chi connectivity index (χ0) is 19.8. The standard InChI is InChI=1S/C21H18Cl2N2O3/c1-3-28-17-6-4-5-13(19(17)27-2)9-12-7-8-15-18(12)24-20-16(23)10-14(22)11-25(20)21(15)26/h4-6,9-11H,3,7-8H2,1-2H3. The third-order valence-corrected chi connectivity index (χ3v) is 5.22. The summed E-state index contributed by atoms with van der Waals surface area (Å²) < 4.78 is 12.6. The number of nitrogens with zero attached hydrogens (tertiary/aromatic N) is 2. The molecule has 7 heteroatoms. The van der Waals surface area contributed by atoms with Gasteiger partial charge in [0.15, 0.2) is 17.1 Å². The number of aromatic nitrogens is 2. The lowest BCUT2D eigenvalue weighted by molar-refractivity contribution is 0.310. The van der Waals surface area contributed by atoms with Gasteiger partial charge in [-0.3, -0.25) is 9.20 Å². The minimum absolute atomic E-state index is 0.136. The van der Waals surface area contributed by atoms with Crippen LogP contribution in [0.4, 0.5) is 0 Å². The molecule has 1 aliphatic carbocycles. The molecule has 2 heterocycles. The van der Waals surface area contributed by atoms with Crippen LogP contribution < -0.4 is 15.0 Å². The normalized spacial score (nSPS) is 14.5. The van der Waals surface area contributed by atoms with E-state index in [1.807, 2.05) is 31.2 Å². The number of ether oxygens (including phenoxy) is 2. The van der Waals surface area contributed by atoms with Crippen molar-refractivity contribution in [3.8, 4) is 11.5 Å². The maximum Gasteiger partial charge on any atom is 0.261 e. The summed E-state index contributed by atoms with van der Waals surface area (Å²) in [5.74, 6) is 1.34. The lowest BCUT2D eigenvalue weighted by atomic mass is 10.1. The number of allylic oxidation sites excluding steroid dienone is 1. The van der Waals surface area contributed by atoms with E-state index in [2.05, 4.69) is 4.98 Å². The fourth-order valence-electron chi connectivity index (χ4n) is 3.54. The second kappa shape index (κ2) is 7.49. The van der Waals surface area contributed by atoms with E-state index in [1.165, 1.54) is 4.40 Å². The summed E-state index contributed by atoms with van der Waals surface area (Å²) in [6, 6.07) is 7.32. The molecule has 3 aromatic rings. The quantitative estimate of drug-likeness (QED) is 0.606. The molecular formula is C21H18Cl2N2O3. The molecule has 0 atom stereocenters. The number of hydrogen-bond donors (Lipinski definition) is 0. The first-order valence-electron chi connectivity index (χ1n) is 8.94. The van der Waals surface area contributed by atoms with Crippen molar-refractivity contribution in [1.82, 2.24) is 9.38 Å². The van der Waals surface area contributed by atoms with Crippen molar-refractivity contribution in [3.63, 3.8) is 0 Å². The first-order valence-corrected chi connectivity index (χ1v) is 9.70. The van der Waals surface area contributed by atoms with E-state index < -0.39 is 0 Å². The molecule has 0 N–H and O–H groups in total. The molecule has 1 aromatic carbocycles. The number of hydrogen-bond acceptors (Lipinski definition) is 4. The van der Waals surface area contributed by atoms with Crippen LogP contribution in [0.25, 0.3) is 17.3 Å². The van der Waals surface area contributed by atoms with E-state index in [-0.39, 0.29) is 5.56 Å². The fourth-order valence-corrected chi connectivity index (χ4v) is 4.05. The van der Waals surface area contributed by atoms with E-state index in [4.69, 9.17) is 32.7 Å². The van der Waals surface area contributed by atoms with Crippen LogP contribution in [0.5, 0.6) is 11.5 Å². The van der Waals surface area contributed by atoms with Crippen LogP contribution in [0.3, 0.4) is 0 Å². The lowest BCUT2D eigenvalue weighted by Gasteiger charge is -2.12. The molecular weight excluding hydrogens is 399 g/mol. The number of fused-ring (bicyclic) bond motifs is 2. The van der Waals surface area contributed by atoms with Crippen LogP contribution >= 0.6 is 23.2 Å². The Balaban J connectivity index is 1.89. The van der Waals surface area contributed by atoms with E-state index in [9.17, 15) is 4.79 Å². The highest BCUT2D eigenvalue weighted by Gasteiger charge is 2.24. The molecule has 0 saturated heterocycles. The van der Waals surface area contributed by atoms with Crippen molar-refractivity contribution in [2.45, 2.75) is 19.8 Å². The van der Waals surface area contributed by atoms with Gasteiger partial charge in [-0.1, -0.05) is 35.3 Å². The number of rotatable bonds is 4. The Kier molecular flexibility index (Phi) is 5.04. The number of pyridine rings is 1. The summed E-state index contributed by atoms with van der Waals surface area (Å²) in [4.78, 5) is 17.6. The molecule has 4 rings (SSSR count). The van der Waals surface area contributed by atoms with E-state index in [0.717, 1.165) is 11.1 Å². The molecule has 0 spiro atoms. The summed E-state index contributed by atoms with van der Waals surface area (Å²) >= 11 is 12.3. The maximum atomic E-state index is 12.9.